The van der Waals surface area contributed by atoms with Gasteiger partial charge in [-0.05, 0) is 0 Å². The van der Waals surface area contributed by atoms with Crippen LogP contribution >= 0.6 is 0 Å². The Labute approximate surface area is 125 Å². The minimum Gasteiger partial charge on any atom is -1.00 e. The van der Waals surface area contributed by atoms with Crippen molar-refractivity contribution in [1.82, 2.24) is 0 Å². The van der Waals surface area contributed by atoms with Crippen LogP contribution in [0.3, 0.4) is 0 Å². The van der Waals surface area contributed by atoms with Crippen LogP contribution < -0.4 is 24.8 Å². The third kappa shape index (κ3) is 3.59. The zero-order valence-electron chi connectivity index (χ0n) is 8.61. The first-order valence-electron chi connectivity index (χ1n) is 4.58. The van der Waals surface area contributed by atoms with Gasteiger partial charge in [0.15, 0.2) is 0 Å². The second kappa shape index (κ2) is 6.40. The summed E-state index contributed by atoms with van der Waals surface area (Å²) in [6, 6.07) is 0. The van der Waals surface area contributed by atoms with Crippen molar-refractivity contribution in [2.45, 2.75) is 19.0 Å². The third-order valence-electron chi connectivity index (χ3n) is 2.48. The maximum absolute atomic E-state index is 12.7. The van der Waals surface area contributed by atoms with Crippen LogP contribution in [0, 0.1) is 0 Å². The number of hydrogen-bond acceptors (Lipinski definition) is 0. The quantitative estimate of drug-likeness (QED) is 0.489. The fourth-order valence-electron chi connectivity index (χ4n) is 1.83. The molecule has 2 aliphatic rings. The molecule has 0 aliphatic heterocycles. The van der Waals surface area contributed by atoms with E-state index < -0.39 is 11.7 Å². The molecule has 0 atom stereocenters. The van der Waals surface area contributed by atoms with Gasteiger partial charge in [0.25, 0.3) is 0 Å². The second-order valence-electron chi connectivity index (χ2n) is 3.50. The van der Waals surface area contributed by atoms with E-state index in [4.69, 9.17) is 0 Å². The summed E-state index contributed by atoms with van der Waals surface area (Å²) in [6.45, 7) is 0. The number of hydrogen-bond donors (Lipinski definition) is 0. The second-order valence-corrected chi connectivity index (χ2v) is 4.98. The summed E-state index contributed by atoms with van der Waals surface area (Å²) in [5.74, 6) is 0. The minimum absolute atomic E-state index is 0. The van der Waals surface area contributed by atoms with Gasteiger partial charge in [0.2, 0.25) is 0 Å². The van der Waals surface area contributed by atoms with Gasteiger partial charge in [-0.2, -0.15) is 0 Å². The largest absolute Gasteiger partial charge is 1.00 e. The molecule has 0 saturated carbocycles. The van der Waals surface area contributed by atoms with Crippen LogP contribution in [0.1, 0.15) is 12.8 Å². The summed E-state index contributed by atoms with van der Waals surface area (Å²) in [7, 11) is 0. The number of halogens is 5. The number of allylic oxidation sites excluding steroid dienone is 8. The molecule has 0 radical (unpaired) electrons. The fraction of sp³-hybridized carbons (Fsp3) is 0.273. The van der Waals surface area contributed by atoms with E-state index in [1.165, 1.54) is 6.08 Å². The van der Waals surface area contributed by atoms with E-state index in [1.54, 1.807) is 6.08 Å². The van der Waals surface area contributed by atoms with E-state index in [1.807, 2.05) is 12.2 Å². The summed E-state index contributed by atoms with van der Waals surface area (Å²) < 4.78 is 39.0. The molecule has 91 valence electrons. The van der Waals surface area contributed by atoms with Crippen LogP contribution in [0.15, 0.2) is 44.3 Å². The molecule has 6 heteroatoms. The Hall–Kier alpha value is 0.213. The molecule has 0 aromatic carbocycles. The summed E-state index contributed by atoms with van der Waals surface area (Å²) in [5, 5.41) is 0. The molecule has 0 nitrogen and oxygen atoms in total. The zero-order valence-corrected chi connectivity index (χ0v) is 12.6. The Balaban J connectivity index is 0.00000128. The molecule has 0 aromatic rings. The Morgan fingerprint density at radius 3 is 2.24 bits per heavy atom. The topological polar surface area (TPSA) is 0 Å². The van der Waals surface area contributed by atoms with Crippen molar-refractivity contribution in [3.63, 3.8) is 0 Å². The van der Waals surface area contributed by atoms with Crippen molar-refractivity contribution in [1.29, 1.82) is 0 Å². The van der Waals surface area contributed by atoms with Crippen LogP contribution in [0.25, 0.3) is 0 Å². The first-order chi connectivity index (χ1) is 7.00. The number of rotatable bonds is 1. The van der Waals surface area contributed by atoms with Crippen molar-refractivity contribution in [3.05, 3.63) is 44.3 Å². The van der Waals surface area contributed by atoms with Crippen molar-refractivity contribution in [2.75, 3.05) is 0 Å². The number of alkyl halides is 3. The van der Waals surface area contributed by atoms with E-state index in [0.717, 1.165) is 33.6 Å². The summed E-state index contributed by atoms with van der Waals surface area (Å²) in [4.78, 5) is 0. The van der Waals surface area contributed by atoms with Crippen LogP contribution in [-0.2, 0) is 24.7 Å². The normalized spacial score (nSPS) is 18.6. The Morgan fingerprint density at radius 1 is 1.12 bits per heavy atom. The van der Waals surface area contributed by atoms with Crippen molar-refractivity contribution < 1.29 is 62.7 Å². The van der Waals surface area contributed by atoms with Crippen molar-refractivity contribution in [2.24, 2.45) is 0 Å². The van der Waals surface area contributed by atoms with E-state index in [-0.39, 0.29) is 24.8 Å². The molecule has 2 rings (SSSR count). The van der Waals surface area contributed by atoms with Gasteiger partial charge < -0.3 is 24.8 Å². The molecule has 17 heavy (non-hydrogen) atoms. The molecular weight excluding hydrogens is 351 g/mol. The van der Waals surface area contributed by atoms with Gasteiger partial charge in [-0.1, -0.05) is 0 Å². The molecule has 0 heterocycles. The first-order valence-corrected chi connectivity index (χ1v) is 5.81. The average Bonchev–Trinajstić information content (AvgIpc) is 2.69. The van der Waals surface area contributed by atoms with Crippen molar-refractivity contribution >= 4 is 0 Å². The van der Waals surface area contributed by atoms with Crippen LogP contribution in [0.2, 0.25) is 0 Å². The van der Waals surface area contributed by atoms with E-state index in [0.29, 0.717) is 18.4 Å². The Kier molecular flexibility index (Phi) is 6.48. The van der Waals surface area contributed by atoms with Crippen molar-refractivity contribution in [3.8, 4) is 0 Å². The molecule has 0 N–H and O–H groups in total. The van der Waals surface area contributed by atoms with Crippen LogP contribution in [0.5, 0.6) is 0 Å². The van der Waals surface area contributed by atoms with Crippen LogP contribution in [0.4, 0.5) is 13.2 Å². The van der Waals surface area contributed by atoms with Crippen LogP contribution in [-0.4, -0.2) is 6.18 Å². The van der Waals surface area contributed by atoms with Gasteiger partial charge in [0.05, 0.1) is 0 Å². The molecule has 0 fully saturated rings. The third-order valence-corrected chi connectivity index (χ3v) is 3.60. The fourth-order valence-corrected chi connectivity index (χ4v) is 2.80. The van der Waals surface area contributed by atoms with E-state index in [9.17, 15) is 13.2 Å². The molecular formula is C11H8Cl2F3Zr. The summed E-state index contributed by atoms with van der Waals surface area (Å²) in [5.41, 5.74) is 0.817. The smallest absolute Gasteiger partial charge is 1.00 e. The minimum atomic E-state index is -4.21. The monoisotopic (exact) mass is 357 g/mol. The molecule has 0 spiro atoms. The molecule has 0 bridgehead atoms. The maximum Gasteiger partial charge on any atom is -1.00 e. The van der Waals surface area contributed by atoms with E-state index >= 15 is 0 Å². The molecule has 0 unspecified atom stereocenters. The molecule has 0 amide bonds. The van der Waals surface area contributed by atoms with Gasteiger partial charge >= 0.3 is 101 Å². The maximum atomic E-state index is 12.7. The average molecular weight is 359 g/mol. The molecule has 0 saturated heterocycles. The van der Waals surface area contributed by atoms with Gasteiger partial charge in [-0.15, -0.1) is 0 Å². The van der Waals surface area contributed by atoms with Gasteiger partial charge in [-0.25, -0.2) is 0 Å². The summed E-state index contributed by atoms with van der Waals surface area (Å²) in [6.07, 6.45) is 3.66. The van der Waals surface area contributed by atoms with Gasteiger partial charge in [-0.3, -0.25) is 0 Å². The first kappa shape index (κ1) is 17.2. The molecule has 2 aliphatic carbocycles. The summed E-state index contributed by atoms with van der Waals surface area (Å²) >= 11 is 1.08. The predicted molar refractivity (Wildman–Crippen MR) is 47.6 cm³/mol. The Morgan fingerprint density at radius 2 is 1.76 bits per heavy atom. The SMILES string of the molecule is FC(F)(F)C1=CC[C]([Zr+2])=C1C1=CC=CC1.[Cl-].[Cl-]. The van der Waals surface area contributed by atoms with Gasteiger partial charge in [0.1, 0.15) is 0 Å². The molecule has 0 aromatic heterocycles. The zero-order chi connectivity index (χ0) is 11.1. The predicted octanol–water partition coefficient (Wildman–Crippen LogP) is -2.43. The Bertz CT molecular complexity index is 417. The standard InChI is InChI=1S/C11H8F3.2ClH.Zr/c12-11(13,14)10-7-3-6-9(10)8-4-1-2-5-8;;;/h1-2,4,7H,3,5H2;2*1H;/q;;;+2/p-2. The van der Waals surface area contributed by atoms with E-state index in [2.05, 4.69) is 0 Å². The van der Waals surface area contributed by atoms with Gasteiger partial charge in [0, 0.05) is 0 Å².